The Kier molecular flexibility index (Phi) is 2.79. The maximum atomic E-state index is 12.1. The van der Waals surface area contributed by atoms with Crippen molar-refractivity contribution in [3.8, 4) is 0 Å². The Balaban J connectivity index is 1.97. The number of H-pyrrole nitrogens is 1. The van der Waals surface area contributed by atoms with Crippen LogP contribution in [0.15, 0.2) is 41.6 Å². The maximum absolute atomic E-state index is 12.1. The molecule has 0 saturated heterocycles. The van der Waals surface area contributed by atoms with Gasteiger partial charge in [-0.15, -0.1) is 0 Å². The maximum Gasteiger partial charge on any atom is 0.297 e. The van der Waals surface area contributed by atoms with E-state index in [1.54, 1.807) is 12.1 Å². The second kappa shape index (κ2) is 4.61. The minimum Gasteiger partial charge on any atom is -0.316 e. The number of hydrogen-bond acceptors (Lipinski definition) is 4. The molecule has 2 N–H and O–H groups in total. The first-order valence-corrected chi connectivity index (χ1v) is 5.95. The topological polar surface area (TPSA) is 92.2 Å². The Morgan fingerprint density at radius 1 is 1.30 bits per heavy atom. The van der Waals surface area contributed by atoms with E-state index in [4.69, 9.17) is 0 Å². The van der Waals surface area contributed by atoms with Crippen LogP contribution in [0, 0.1) is 6.92 Å². The lowest BCUT2D eigenvalue weighted by molar-refractivity contribution is 0.102. The summed E-state index contributed by atoms with van der Waals surface area (Å²) in [5.74, 6) is -0.0923. The van der Waals surface area contributed by atoms with Crippen molar-refractivity contribution in [1.82, 2.24) is 19.6 Å². The lowest BCUT2D eigenvalue weighted by Crippen LogP contribution is -2.23. The lowest BCUT2D eigenvalue weighted by atomic mass is 10.1. The van der Waals surface area contributed by atoms with E-state index in [9.17, 15) is 9.59 Å². The molecule has 0 atom stereocenters. The molecule has 20 heavy (non-hydrogen) atoms. The number of carbonyl (C=O) groups is 1. The van der Waals surface area contributed by atoms with Gasteiger partial charge in [-0.25, -0.2) is 9.97 Å². The summed E-state index contributed by atoms with van der Waals surface area (Å²) in [6.07, 6.45) is 2.66. The molecule has 3 rings (SSSR count). The number of carbonyl (C=O) groups excluding carboxylic acids is 1. The number of aryl methyl sites for hydroxylation is 1. The smallest absolute Gasteiger partial charge is 0.297 e. The highest BCUT2D eigenvalue weighted by molar-refractivity contribution is 6.05. The Bertz CT molecular complexity index is 849. The van der Waals surface area contributed by atoms with Gasteiger partial charge in [0.15, 0.2) is 0 Å². The molecule has 0 aliphatic rings. The van der Waals surface area contributed by atoms with E-state index >= 15 is 0 Å². The number of benzene rings is 1. The minimum atomic E-state index is -0.408. The second-order valence-corrected chi connectivity index (χ2v) is 4.27. The molecule has 0 unspecified atom stereocenters. The number of fused-ring (bicyclic) bond motifs is 1. The number of hydrogen-bond donors (Lipinski definition) is 2. The summed E-state index contributed by atoms with van der Waals surface area (Å²) in [5, 5.41) is 5.20. The van der Waals surface area contributed by atoms with E-state index in [1.165, 1.54) is 12.5 Å². The fraction of sp³-hybridized carbons (Fsp3) is 0.0769. The monoisotopic (exact) mass is 269 g/mol. The molecule has 2 heterocycles. The molecular formula is C13H11N5O2. The van der Waals surface area contributed by atoms with E-state index in [-0.39, 0.29) is 17.4 Å². The van der Waals surface area contributed by atoms with Crippen molar-refractivity contribution in [2.75, 3.05) is 5.32 Å². The van der Waals surface area contributed by atoms with E-state index in [1.807, 2.05) is 19.1 Å². The molecule has 0 aliphatic carbocycles. The van der Waals surface area contributed by atoms with Crippen LogP contribution in [0.5, 0.6) is 0 Å². The van der Waals surface area contributed by atoms with Gasteiger partial charge >= 0.3 is 0 Å². The number of nitrogens with one attached hydrogen (secondary N) is 2. The molecule has 100 valence electrons. The number of nitrogens with zero attached hydrogens (tertiary/aromatic N) is 3. The molecule has 0 aliphatic heterocycles. The van der Waals surface area contributed by atoms with Crippen molar-refractivity contribution in [3.63, 3.8) is 0 Å². The molecule has 7 nitrogen and oxygen atoms in total. The zero-order valence-electron chi connectivity index (χ0n) is 10.6. The third-order valence-corrected chi connectivity index (χ3v) is 2.95. The predicted molar refractivity (Wildman–Crippen MR) is 72.7 cm³/mol. The third kappa shape index (κ3) is 1.95. The number of rotatable bonds is 2. The van der Waals surface area contributed by atoms with Gasteiger partial charge in [0.25, 0.3) is 17.2 Å². The Morgan fingerprint density at radius 2 is 2.10 bits per heavy atom. The molecule has 0 radical (unpaired) electrons. The number of amides is 1. The van der Waals surface area contributed by atoms with Gasteiger partial charge in [-0.1, -0.05) is 18.2 Å². The Morgan fingerprint density at radius 3 is 2.90 bits per heavy atom. The van der Waals surface area contributed by atoms with Gasteiger partial charge in [0, 0.05) is 5.56 Å². The van der Waals surface area contributed by atoms with Gasteiger partial charge in [-0.3, -0.25) is 14.7 Å². The fourth-order valence-corrected chi connectivity index (χ4v) is 1.90. The molecule has 0 saturated carbocycles. The van der Waals surface area contributed by atoms with E-state index in [0.29, 0.717) is 5.56 Å². The lowest BCUT2D eigenvalue weighted by Gasteiger charge is -2.06. The Labute approximate surface area is 113 Å². The summed E-state index contributed by atoms with van der Waals surface area (Å²) < 4.78 is 1.16. The zero-order chi connectivity index (χ0) is 14.1. The van der Waals surface area contributed by atoms with Gasteiger partial charge < -0.3 is 5.32 Å². The van der Waals surface area contributed by atoms with Crippen LogP contribution in [0.1, 0.15) is 15.9 Å². The van der Waals surface area contributed by atoms with Crippen LogP contribution in [0.4, 0.5) is 5.69 Å². The standard InChI is InChI=1S/C13H11N5O2/c1-8-4-2-3-5-9(8)11(19)17-10-6-14-13-15-7-16-18(13)12(10)20/h2-7H,1H3,(H,17,19)(H,14,15,16). The first-order chi connectivity index (χ1) is 9.66. The summed E-state index contributed by atoms with van der Waals surface area (Å²) in [5.41, 5.74) is 1.04. The van der Waals surface area contributed by atoms with Crippen LogP contribution < -0.4 is 10.9 Å². The highest BCUT2D eigenvalue weighted by Crippen LogP contribution is 2.09. The van der Waals surface area contributed by atoms with E-state index < -0.39 is 5.56 Å². The Hall–Kier alpha value is -2.96. The second-order valence-electron chi connectivity index (χ2n) is 4.27. The summed E-state index contributed by atoms with van der Waals surface area (Å²) in [6, 6.07) is 7.15. The predicted octanol–water partition coefficient (Wildman–Crippen LogP) is 0.978. The average molecular weight is 269 g/mol. The van der Waals surface area contributed by atoms with Crippen LogP contribution in [-0.4, -0.2) is 25.5 Å². The molecule has 0 bridgehead atoms. The number of anilines is 1. The molecule has 0 fully saturated rings. The quantitative estimate of drug-likeness (QED) is 0.725. The van der Waals surface area contributed by atoms with Crippen molar-refractivity contribution < 1.29 is 4.79 Å². The van der Waals surface area contributed by atoms with Gasteiger partial charge in [0.05, 0.1) is 6.20 Å². The van der Waals surface area contributed by atoms with Gasteiger partial charge in [-0.2, -0.15) is 4.52 Å². The molecule has 2 aromatic heterocycles. The van der Waals surface area contributed by atoms with Crippen molar-refractivity contribution >= 4 is 17.4 Å². The van der Waals surface area contributed by atoms with Gasteiger partial charge in [-0.05, 0) is 18.6 Å². The van der Waals surface area contributed by atoms with E-state index in [2.05, 4.69) is 20.4 Å². The van der Waals surface area contributed by atoms with Crippen molar-refractivity contribution in [2.45, 2.75) is 6.92 Å². The number of aromatic nitrogens is 4. The highest BCUT2D eigenvalue weighted by atomic mass is 16.2. The molecule has 0 spiro atoms. The highest BCUT2D eigenvalue weighted by Gasteiger charge is 2.12. The van der Waals surface area contributed by atoms with Crippen LogP contribution in [0.2, 0.25) is 0 Å². The average Bonchev–Trinajstić information content (AvgIpc) is 2.91. The first-order valence-electron chi connectivity index (χ1n) is 5.95. The van der Waals surface area contributed by atoms with Crippen LogP contribution in [-0.2, 0) is 0 Å². The summed E-state index contributed by atoms with van der Waals surface area (Å²) in [6.45, 7) is 1.83. The molecule has 1 aromatic carbocycles. The summed E-state index contributed by atoms with van der Waals surface area (Å²) in [7, 11) is 0. The minimum absolute atomic E-state index is 0.0972. The zero-order valence-corrected chi connectivity index (χ0v) is 10.6. The largest absolute Gasteiger partial charge is 0.316 e. The van der Waals surface area contributed by atoms with Crippen molar-refractivity contribution in [3.05, 3.63) is 58.3 Å². The SMILES string of the molecule is Cc1ccccc1C(=O)Nc1cnc2nc[nH]n2c1=O. The van der Waals surface area contributed by atoms with Crippen LogP contribution in [0.3, 0.4) is 0 Å². The molecular weight excluding hydrogens is 258 g/mol. The molecule has 7 heteroatoms. The normalized spacial score (nSPS) is 10.7. The third-order valence-electron chi connectivity index (χ3n) is 2.95. The van der Waals surface area contributed by atoms with Crippen molar-refractivity contribution in [1.29, 1.82) is 0 Å². The van der Waals surface area contributed by atoms with Gasteiger partial charge in [0.2, 0.25) is 0 Å². The van der Waals surface area contributed by atoms with E-state index in [0.717, 1.165) is 10.1 Å². The van der Waals surface area contributed by atoms with Crippen LogP contribution in [0.25, 0.3) is 5.78 Å². The number of aromatic amines is 1. The molecule has 3 aromatic rings. The molecule has 1 amide bonds. The summed E-state index contributed by atoms with van der Waals surface area (Å²) in [4.78, 5) is 32.1. The van der Waals surface area contributed by atoms with Gasteiger partial charge in [0.1, 0.15) is 12.0 Å². The first kappa shape index (κ1) is 12.1. The fourth-order valence-electron chi connectivity index (χ4n) is 1.90. The summed E-state index contributed by atoms with van der Waals surface area (Å²) >= 11 is 0. The van der Waals surface area contributed by atoms with Crippen molar-refractivity contribution in [2.24, 2.45) is 0 Å². The van der Waals surface area contributed by atoms with Crippen LogP contribution >= 0.6 is 0 Å².